The van der Waals surface area contributed by atoms with E-state index in [1.807, 2.05) is 20.8 Å². The quantitative estimate of drug-likeness (QED) is 0.543. The molecule has 4 N–H and O–H groups in total. The van der Waals surface area contributed by atoms with Gasteiger partial charge in [0.2, 0.25) is 0 Å². The Morgan fingerprint density at radius 3 is 2.41 bits per heavy atom. The molecule has 1 amide bonds. The Kier molecular flexibility index (Phi) is 11.2. The topological polar surface area (TPSA) is 85.6 Å². The van der Waals surface area contributed by atoms with E-state index in [0.717, 1.165) is 25.7 Å². The minimum Gasteiger partial charge on any atom is -0.444 e. The van der Waals surface area contributed by atoms with Gasteiger partial charge in [-0.15, -0.1) is 0 Å². The molecule has 0 aromatic heterocycles. The Morgan fingerprint density at radius 2 is 1.91 bits per heavy atom. The van der Waals surface area contributed by atoms with Crippen LogP contribution in [0.15, 0.2) is 0 Å². The zero-order valence-corrected chi connectivity index (χ0v) is 14.9. The Morgan fingerprint density at radius 1 is 1.23 bits per heavy atom. The number of hydrogen-bond donors (Lipinski definition) is 3. The van der Waals surface area contributed by atoms with E-state index >= 15 is 0 Å². The van der Waals surface area contributed by atoms with Crippen molar-refractivity contribution in [3.63, 3.8) is 0 Å². The zero-order chi connectivity index (χ0) is 17.0. The lowest BCUT2D eigenvalue weighted by molar-refractivity contribution is 0.0519. The second-order valence-corrected chi connectivity index (χ2v) is 6.62. The molecule has 0 saturated heterocycles. The smallest absolute Gasteiger partial charge is 0.407 e. The van der Waals surface area contributed by atoms with Crippen molar-refractivity contribution in [2.45, 2.75) is 71.1 Å². The Bertz CT molecular complexity index is 293. The molecule has 22 heavy (non-hydrogen) atoms. The standard InChI is InChI=1S/C16H35N3O3/c1-6-8-13(11-18-15(20)22-16(2,3)4)19-14(12-21-5)9-7-10-17/h13-14,19H,6-12,17H2,1-5H3,(H,18,20). The first-order valence-corrected chi connectivity index (χ1v) is 8.24. The molecular weight excluding hydrogens is 282 g/mol. The largest absolute Gasteiger partial charge is 0.444 e. The maximum Gasteiger partial charge on any atom is 0.407 e. The number of methoxy groups -OCH3 is 1. The highest BCUT2D eigenvalue weighted by molar-refractivity contribution is 5.67. The molecule has 0 aliphatic carbocycles. The second kappa shape index (κ2) is 11.7. The summed E-state index contributed by atoms with van der Waals surface area (Å²) in [6.45, 7) is 9.57. The van der Waals surface area contributed by atoms with Gasteiger partial charge in [-0.3, -0.25) is 0 Å². The van der Waals surface area contributed by atoms with Gasteiger partial charge in [0, 0.05) is 25.7 Å². The van der Waals surface area contributed by atoms with Crippen molar-refractivity contribution >= 4 is 6.09 Å². The summed E-state index contributed by atoms with van der Waals surface area (Å²) in [6.07, 6.45) is 3.58. The van der Waals surface area contributed by atoms with Gasteiger partial charge in [0.1, 0.15) is 5.60 Å². The Balaban J connectivity index is 4.34. The molecule has 0 fully saturated rings. The summed E-state index contributed by atoms with van der Waals surface area (Å²) in [7, 11) is 1.70. The summed E-state index contributed by atoms with van der Waals surface area (Å²) in [4.78, 5) is 11.7. The second-order valence-electron chi connectivity index (χ2n) is 6.62. The molecule has 0 aliphatic heterocycles. The molecule has 0 aromatic rings. The van der Waals surface area contributed by atoms with E-state index < -0.39 is 5.60 Å². The highest BCUT2D eigenvalue weighted by atomic mass is 16.6. The molecule has 2 atom stereocenters. The van der Waals surface area contributed by atoms with Gasteiger partial charge in [0.15, 0.2) is 0 Å². The van der Waals surface area contributed by atoms with Crippen LogP contribution >= 0.6 is 0 Å². The van der Waals surface area contributed by atoms with Gasteiger partial charge in [-0.05, 0) is 46.6 Å². The molecule has 0 aromatic carbocycles. The molecule has 0 aliphatic rings. The van der Waals surface area contributed by atoms with Gasteiger partial charge >= 0.3 is 6.09 Å². The van der Waals surface area contributed by atoms with Crippen LogP contribution in [-0.4, -0.2) is 50.6 Å². The number of hydrogen-bond acceptors (Lipinski definition) is 5. The molecule has 0 saturated carbocycles. The number of ether oxygens (including phenoxy) is 2. The van der Waals surface area contributed by atoms with Crippen LogP contribution in [0.3, 0.4) is 0 Å². The SMILES string of the molecule is CCCC(CNC(=O)OC(C)(C)C)NC(CCCN)COC. The van der Waals surface area contributed by atoms with Crippen molar-refractivity contribution in [1.29, 1.82) is 0 Å². The van der Waals surface area contributed by atoms with Crippen LogP contribution in [0, 0.1) is 0 Å². The fraction of sp³-hybridized carbons (Fsp3) is 0.938. The first kappa shape index (κ1) is 21.1. The molecule has 6 nitrogen and oxygen atoms in total. The van der Waals surface area contributed by atoms with Crippen molar-refractivity contribution in [3.8, 4) is 0 Å². The molecule has 0 spiro atoms. The lowest BCUT2D eigenvalue weighted by atomic mass is 10.1. The van der Waals surface area contributed by atoms with Gasteiger partial charge in [-0.25, -0.2) is 4.79 Å². The van der Waals surface area contributed by atoms with Crippen LogP contribution in [0.25, 0.3) is 0 Å². The highest BCUT2D eigenvalue weighted by Gasteiger charge is 2.19. The molecule has 0 rings (SSSR count). The first-order chi connectivity index (χ1) is 10.3. The molecule has 0 bridgehead atoms. The van der Waals surface area contributed by atoms with Crippen molar-refractivity contribution in [2.24, 2.45) is 5.73 Å². The van der Waals surface area contributed by atoms with Crippen molar-refractivity contribution in [1.82, 2.24) is 10.6 Å². The Labute approximate surface area is 135 Å². The molecule has 132 valence electrons. The highest BCUT2D eigenvalue weighted by Crippen LogP contribution is 2.07. The van der Waals surface area contributed by atoms with Crippen molar-refractivity contribution in [3.05, 3.63) is 0 Å². The number of alkyl carbamates (subject to hydrolysis) is 1. The number of nitrogens with one attached hydrogen (secondary N) is 2. The van der Waals surface area contributed by atoms with Gasteiger partial charge in [0.25, 0.3) is 0 Å². The van der Waals surface area contributed by atoms with Gasteiger partial charge in [-0.2, -0.15) is 0 Å². The normalized spacial score (nSPS) is 14.5. The van der Waals surface area contributed by atoms with E-state index in [-0.39, 0.29) is 18.2 Å². The number of carbonyl (C=O) groups is 1. The maximum absolute atomic E-state index is 11.7. The fourth-order valence-electron chi connectivity index (χ4n) is 2.23. The summed E-state index contributed by atoms with van der Waals surface area (Å²) in [5.41, 5.74) is 5.10. The molecule has 2 unspecified atom stereocenters. The van der Waals surface area contributed by atoms with Crippen molar-refractivity contribution < 1.29 is 14.3 Å². The fourth-order valence-corrected chi connectivity index (χ4v) is 2.23. The average Bonchev–Trinajstić information content (AvgIpc) is 2.40. The predicted octanol–water partition coefficient (Wildman–Crippen LogP) is 2.02. The van der Waals surface area contributed by atoms with Crippen LogP contribution in [0.2, 0.25) is 0 Å². The van der Waals surface area contributed by atoms with Crippen LogP contribution in [0.1, 0.15) is 53.4 Å². The number of nitrogens with two attached hydrogens (primary N) is 1. The van der Waals surface area contributed by atoms with E-state index in [1.54, 1.807) is 7.11 Å². The van der Waals surface area contributed by atoms with Crippen LogP contribution in [0.4, 0.5) is 4.79 Å². The third kappa shape index (κ3) is 11.8. The Hall–Kier alpha value is -0.850. The number of carbonyl (C=O) groups excluding carboxylic acids is 1. The maximum atomic E-state index is 11.7. The van der Waals surface area contributed by atoms with Crippen LogP contribution in [0.5, 0.6) is 0 Å². The van der Waals surface area contributed by atoms with Gasteiger partial charge in [0.05, 0.1) is 6.61 Å². The minimum atomic E-state index is -0.475. The predicted molar refractivity (Wildman–Crippen MR) is 90.0 cm³/mol. The third-order valence-electron chi connectivity index (χ3n) is 3.12. The minimum absolute atomic E-state index is 0.204. The van der Waals surface area contributed by atoms with E-state index in [2.05, 4.69) is 17.6 Å². The van der Waals surface area contributed by atoms with Gasteiger partial charge < -0.3 is 25.8 Å². The van der Waals surface area contributed by atoms with Gasteiger partial charge in [-0.1, -0.05) is 13.3 Å². The molecule has 0 heterocycles. The van der Waals surface area contributed by atoms with Crippen molar-refractivity contribution in [2.75, 3.05) is 26.8 Å². The summed E-state index contributed by atoms with van der Waals surface area (Å²) in [5, 5.41) is 6.40. The zero-order valence-electron chi connectivity index (χ0n) is 14.9. The average molecular weight is 317 g/mol. The number of amides is 1. The lowest BCUT2D eigenvalue weighted by Gasteiger charge is -2.26. The van der Waals surface area contributed by atoms with E-state index in [1.165, 1.54) is 0 Å². The molecular formula is C16H35N3O3. The molecule has 6 heteroatoms. The van der Waals surface area contributed by atoms with Crippen LogP contribution < -0.4 is 16.4 Å². The lowest BCUT2D eigenvalue weighted by Crippen LogP contribution is -2.48. The summed E-state index contributed by atoms with van der Waals surface area (Å²) < 4.78 is 10.5. The summed E-state index contributed by atoms with van der Waals surface area (Å²) in [5.74, 6) is 0. The summed E-state index contributed by atoms with van der Waals surface area (Å²) in [6, 6.07) is 0.459. The third-order valence-corrected chi connectivity index (χ3v) is 3.12. The summed E-state index contributed by atoms with van der Waals surface area (Å²) >= 11 is 0. The number of rotatable bonds is 11. The van der Waals surface area contributed by atoms with E-state index in [4.69, 9.17) is 15.2 Å². The first-order valence-electron chi connectivity index (χ1n) is 8.24. The van der Waals surface area contributed by atoms with E-state index in [0.29, 0.717) is 19.7 Å². The monoisotopic (exact) mass is 317 g/mol. The molecule has 0 radical (unpaired) electrons. The van der Waals surface area contributed by atoms with Crippen LogP contribution in [-0.2, 0) is 9.47 Å². The van der Waals surface area contributed by atoms with E-state index in [9.17, 15) is 4.79 Å².